The number of carbonyl (C=O) groups is 1. The summed E-state index contributed by atoms with van der Waals surface area (Å²) in [5.41, 5.74) is 0.729. The molecule has 3 heterocycles. The molecule has 1 unspecified atom stereocenters. The van der Waals surface area contributed by atoms with Gasteiger partial charge in [0.15, 0.2) is 5.82 Å². The molecular formula is C20H28N6O2. The summed E-state index contributed by atoms with van der Waals surface area (Å²) < 4.78 is 6.99. The van der Waals surface area contributed by atoms with Gasteiger partial charge in [0.2, 0.25) is 0 Å². The van der Waals surface area contributed by atoms with Crippen LogP contribution in [0.15, 0.2) is 30.3 Å². The number of tetrazole rings is 1. The Morgan fingerprint density at radius 2 is 1.96 bits per heavy atom. The molecule has 1 amide bonds. The summed E-state index contributed by atoms with van der Waals surface area (Å²) in [6.07, 6.45) is 5.53. The van der Waals surface area contributed by atoms with E-state index < -0.39 is 0 Å². The van der Waals surface area contributed by atoms with Gasteiger partial charge < -0.3 is 10.1 Å². The van der Waals surface area contributed by atoms with Crippen molar-refractivity contribution in [1.29, 1.82) is 0 Å². The zero-order valence-electron chi connectivity index (χ0n) is 16.3. The third-order valence-electron chi connectivity index (χ3n) is 5.93. The van der Waals surface area contributed by atoms with Crippen molar-refractivity contribution in [3.8, 4) is 0 Å². The Bertz CT molecular complexity index is 766. The Labute approximate surface area is 165 Å². The van der Waals surface area contributed by atoms with Crippen molar-refractivity contribution < 1.29 is 9.53 Å². The first kappa shape index (κ1) is 19.0. The number of methoxy groups -OCH3 is 1. The van der Waals surface area contributed by atoms with Gasteiger partial charge in [-0.05, 0) is 48.2 Å². The number of piperidine rings is 2. The van der Waals surface area contributed by atoms with E-state index >= 15 is 0 Å². The molecule has 1 aromatic heterocycles. The van der Waals surface area contributed by atoms with Crippen molar-refractivity contribution in [3.05, 3.63) is 41.7 Å². The Hall–Kier alpha value is -2.32. The van der Waals surface area contributed by atoms with Gasteiger partial charge in [-0.3, -0.25) is 9.69 Å². The van der Waals surface area contributed by atoms with Crippen LogP contribution < -0.4 is 5.32 Å². The van der Waals surface area contributed by atoms with Crippen LogP contribution in [-0.2, 0) is 17.8 Å². The molecule has 2 fully saturated rings. The van der Waals surface area contributed by atoms with Crippen LogP contribution in [0.2, 0.25) is 0 Å². The molecule has 150 valence electrons. The van der Waals surface area contributed by atoms with Gasteiger partial charge in [-0.15, -0.1) is 5.10 Å². The number of nitrogens with zero attached hydrogens (tertiary/aromatic N) is 5. The minimum Gasteiger partial charge on any atom is -0.383 e. The highest BCUT2D eigenvalue weighted by molar-refractivity contribution is 5.94. The fraction of sp³-hybridized carbons (Fsp3) is 0.600. The first-order valence-electron chi connectivity index (χ1n) is 10.1. The Morgan fingerprint density at radius 3 is 2.68 bits per heavy atom. The Kier molecular flexibility index (Phi) is 5.97. The highest BCUT2D eigenvalue weighted by Crippen LogP contribution is 2.35. The van der Waals surface area contributed by atoms with E-state index in [0.717, 1.165) is 43.6 Å². The second kappa shape index (κ2) is 8.79. The van der Waals surface area contributed by atoms with E-state index in [1.807, 2.05) is 35.0 Å². The molecule has 0 aliphatic carbocycles. The van der Waals surface area contributed by atoms with E-state index in [4.69, 9.17) is 4.74 Å². The maximum absolute atomic E-state index is 12.5. The monoisotopic (exact) mass is 384 g/mol. The van der Waals surface area contributed by atoms with Crippen LogP contribution >= 0.6 is 0 Å². The molecule has 8 nitrogen and oxygen atoms in total. The van der Waals surface area contributed by atoms with Crippen LogP contribution in [0.1, 0.15) is 48.3 Å². The number of ether oxygens (including phenoxy) is 1. The summed E-state index contributed by atoms with van der Waals surface area (Å²) in [4.78, 5) is 15.1. The molecule has 1 aromatic carbocycles. The van der Waals surface area contributed by atoms with Crippen molar-refractivity contribution in [2.45, 2.75) is 63.3 Å². The fourth-order valence-corrected chi connectivity index (χ4v) is 4.56. The fourth-order valence-electron chi connectivity index (χ4n) is 4.56. The van der Waals surface area contributed by atoms with E-state index in [9.17, 15) is 4.79 Å². The van der Waals surface area contributed by atoms with Crippen molar-refractivity contribution >= 4 is 5.91 Å². The summed E-state index contributed by atoms with van der Waals surface area (Å²) in [5, 5.41) is 15.4. The van der Waals surface area contributed by atoms with Gasteiger partial charge in [-0.1, -0.05) is 24.6 Å². The molecule has 28 heavy (non-hydrogen) atoms. The summed E-state index contributed by atoms with van der Waals surface area (Å²) in [7, 11) is 1.68. The molecule has 0 saturated carbocycles. The summed E-state index contributed by atoms with van der Waals surface area (Å²) >= 11 is 0. The van der Waals surface area contributed by atoms with Gasteiger partial charge in [0, 0.05) is 30.8 Å². The van der Waals surface area contributed by atoms with Crippen LogP contribution in [-0.4, -0.2) is 62.9 Å². The minimum atomic E-state index is 0.0284. The number of amides is 1. The molecule has 2 bridgehead atoms. The first-order chi connectivity index (χ1) is 13.7. The van der Waals surface area contributed by atoms with E-state index in [-0.39, 0.29) is 11.9 Å². The maximum atomic E-state index is 12.5. The number of carbonyl (C=O) groups excluding carboxylic acids is 1. The standard InChI is InChI=1S/C20H28N6O2/c1-28-11-10-26-19(22-23-24-26)14-25-17-8-5-9-18(25)13-16(12-17)21-20(27)15-6-3-2-4-7-15/h2-4,6-7,16-18H,5,8-14H2,1H3,(H,21,27)/t16?,17-,18+. The number of nitrogens with one attached hydrogen (secondary N) is 1. The van der Waals surface area contributed by atoms with E-state index in [0.29, 0.717) is 25.2 Å². The lowest BCUT2D eigenvalue weighted by atomic mass is 9.81. The number of fused-ring (bicyclic) bond motifs is 2. The summed E-state index contributed by atoms with van der Waals surface area (Å²) in [5.74, 6) is 0.918. The zero-order chi connectivity index (χ0) is 19.3. The van der Waals surface area contributed by atoms with Crippen molar-refractivity contribution in [1.82, 2.24) is 30.4 Å². The number of hydrogen-bond donors (Lipinski definition) is 1. The molecule has 2 saturated heterocycles. The predicted octanol–water partition coefficient (Wildman–Crippen LogP) is 1.64. The molecule has 2 aromatic rings. The molecule has 0 radical (unpaired) electrons. The van der Waals surface area contributed by atoms with Crippen molar-refractivity contribution in [2.75, 3.05) is 13.7 Å². The Morgan fingerprint density at radius 1 is 1.21 bits per heavy atom. The lowest BCUT2D eigenvalue weighted by Gasteiger charge is -2.48. The molecule has 1 N–H and O–H groups in total. The maximum Gasteiger partial charge on any atom is 0.251 e. The highest BCUT2D eigenvalue weighted by Gasteiger charge is 2.39. The van der Waals surface area contributed by atoms with Crippen molar-refractivity contribution in [3.63, 3.8) is 0 Å². The zero-order valence-corrected chi connectivity index (χ0v) is 16.3. The van der Waals surface area contributed by atoms with Gasteiger partial charge in [0.1, 0.15) is 0 Å². The third kappa shape index (κ3) is 4.23. The van der Waals surface area contributed by atoms with Crippen LogP contribution in [0.5, 0.6) is 0 Å². The predicted molar refractivity (Wildman–Crippen MR) is 104 cm³/mol. The van der Waals surface area contributed by atoms with Gasteiger partial charge in [-0.2, -0.15) is 0 Å². The highest BCUT2D eigenvalue weighted by atomic mass is 16.5. The largest absolute Gasteiger partial charge is 0.383 e. The number of hydrogen-bond acceptors (Lipinski definition) is 6. The van der Waals surface area contributed by atoms with Crippen LogP contribution in [0.4, 0.5) is 0 Å². The molecule has 0 spiro atoms. The quantitative estimate of drug-likeness (QED) is 0.781. The second-order valence-corrected chi connectivity index (χ2v) is 7.73. The molecular weight excluding hydrogens is 356 g/mol. The van der Waals surface area contributed by atoms with E-state index in [1.54, 1.807) is 7.11 Å². The van der Waals surface area contributed by atoms with Gasteiger partial charge >= 0.3 is 0 Å². The Balaban J connectivity index is 1.40. The topological polar surface area (TPSA) is 85.2 Å². The molecule has 8 heteroatoms. The van der Waals surface area contributed by atoms with E-state index in [1.165, 1.54) is 6.42 Å². The van der Waals surface area contributed by atoms with Gasteiger partial charge in [-0.25, -0.2) is 4.68 Å². The first-order valence-corrected chi connectivity index (χ1v) is 10.1. The van der Waals surface area contributed by atoms with Crippen molar-refractivity contribution in [2.24, 2.45) is 0 Å². The normalized spacial score (nSPS) is 24.8. The SMILES string of the molecule is COCCn1nnnc1CN1[C@@H]2CCC[C@H]1CC(NC(=O)c1ccccc1)C2. The molecule has 2 aliphatic rings. The number of benzene rings is 1. The van der Waals surface area contributed by atoms with E-state index in [2.05, 4.69) is 25.7 Å². The number of aromatic nitrogens is 4. The smallest absolute Gasteiger partial charge is 0.251 e. The van der Waals surface area contributed by atoms with Crippen LogP contribution in [0.25, 0.3) is 0 Å². The van der Waals surface area contributed by atoms with Gasteiger partial charge in [0.25, 0.3) is 5.91 Å². The lowest BCUT2D eigenvalue weighted by Crippen LogP contribution is -2.56. The molecule has 3 atom stereocenters. The van der Waals surface area contributed by atoms with Gasteiger partial charge in [0.05, 0.1) is 19.7 Å². The van der Waals surface area contributed by atoms with Crippen LogP contribution in [0, 0.1) is 0 Å². The average Bonchev–Trinajstić information content (AvgIpc) is 3.14. The third-order valence-corrected chi connectivity index (χ3v) is 5.93. The molecule has 2 aliphatic heterocycles. The molecule has 4 rings (SSSR count). The number of rotatable bonds is 7. The average molecular weight is 384 g/mol. The second-order valence-electron chi connectivity index (χ2n) is 7.73. The minimum absolute atomic E-state index is 0.0284. The summed E-state index contributed by atoms with van der Waals surface area (Å²) in [6, 6.07) is 10.6. The van der Waals surface area contributed by atoms with Crippen LogP contribution in [0.3, 0.4) is 0 Å². The summed E-state index contributed by atoms with van der Waals surface area (Å²) in [6.45, 7) is 2.02. The lowest BCUT2D eigenvalue weighted by molar-refractivity contribution is 0.0145.